The van der Waals surface area contributed by atoms with Gasteiger partial charge in [-0.1, -0.05) is 13.8 Å². The van der Waals surface area contributed by atoms with Crippen molar-refractivity contribution in [2.24, 2.45) is 7.05 Å². The van der Waals surface area contributed by atoms with Gasteiger partial charge in [-0.3, -0.25) is 4.79 Å². The number of nitrogens with zero attached hydrogens (tertiary/aromatic N) is 1. The summed E-state index contributed by atoms with van der Waals surface area (Å²) in [6, 6.07) is 6.23. The van der Waals surface area contributed by atoms with E-state index in [0.717, 1.165) is 16.6 Å². The molecule has 0 aliphatic carbocycles. The van der Waals surface area contributed by atoms with Crippen LogP contribution in [0.15, 0.2) is 23.0 Å². The summed E-state index contributed by atoms with van der Waals surface area (Å²) < 4.78 is 12.5. The van der Waals surface area contributed by atoms with E-state index >= 15 is 0 Å². The van der Waals surface area contributed by atoms with Crippen molar-refractivity contribution in [1.82, 2.24) is 14.9 Å². The topological polar surface area (TPSA) is 126 Å². The summed E-state index contributed by atoms with van der Waals surface area (Å²) >= 11 is 0. The van der Waals surface area contributed by atoms with Crippen LogP contribution in [0.5, 0.6) is 17.2 Å². The van der Waals surface area contributed by atoms with Crippen LogP contribution in [-0.2, 0) is 20.0 Å². The first-order valence-corrected chi connectivity index (χ1v) is 9.64. The Labute approximate surface area is 184 Å². The predicted molar refractivity (Wildman–Crippen MR) is 118 cm³/mol. The Bertz CT molecular complexity index is 1210. The van der Waals surface area contributed by atoms with Crippen LogP contribution in [0, 0.1) is 0 Å². The molecule has 3 aromatic rings. The minimum absolute atomic E-state index is 0. The molecule has 0 radical (unpaired) electrons. The lowest BCUT2D eigenvalue weighted by atomic mass is 10.0. The van der Waals surface area contributed by atoms with Gasteiger partial charge in [-0.25, -0.2) is 4.79 Å². The molecular weight excluding hydrogens is 426 g/mol. The standard InChI is InChI=1S/C21H23N3O6.ClH/c1-10(2)22-9-12-6-11-7-14-16(8-15(11)24(12)3)29-5-4-13-17(14)23-20(26)19(18(13)25)30-21(27)28;/h6-8,10,22H,4-5,9H2,1-3H3,(H,27,28)(H2,23,25,26);1H. The van der Waals surface area contributed by atoms with Gasteiger partial charge in [-0.15, -0.1) is 12.4 Å². The number of pyridine rings is 1. The van der Waals surface area contributed by atoms with E-state index < -0.39 is 23.2 Å². The zero-order chi connectivity index (χ0) is 21.6. The van der Waals surface area contributed by atoms with E-state index in [1.54, 1.807) is 0 Å². The zero-order valence-corrected chi connectivity index (χ0v) is 18.1. The van der Waals surface area contributed by atoms with Gasteiger partial charge < -0.3 is 34.6 Å². The van der Waals surface area contributed by atoms with E-state index in [2.05, 4.69) is 39.5 Å². The van der Waals surface area contributed by atoms with E-state index in [4.69, 9.17) is 9.84 Å². The molecule has 4 N–H and O–H groups in total. The van der Waals surface area contributed by atoms with Crippen LogP contribution >= 0.6 is 12.4 Å². The van der Waals surface area contributed by atoms with Gasteiger partial charge in [0.25, 0.3) is 5.56 Å². The Morgan fingerprint density at radius 3 is 2.77 bits per heavy atom. The fourth-order valence-corrected chi connectivity index (χ4v) is 3.74. The maximum atomic E-state index is 12.4. The number of halogens is 1. The molecule has 4 rings (SSSR count). The molecule has 0 atom stereocenters. The molecule has 0 unspecified atom stereocenters. The number of aryl methyl sites for hydroxylation is 1. The number of nitrogens with one attached hydrogen (secondary N) is 2. The summed E-state index contributed by atoms with van der Waals surface area (Å²) in [6.07, 6.45) is -1.39. The first kappa shape index (κ1) is 22.5. The van der Waals surface area contributed by atoms with Crippen molar-refractivity contribution in [3.8, 4) is 28.5 Å². The summed E-state index contributed by atoms with van der Waals surface area (Å²) in [7, 11) is 1.99. The number of aromatic nitrogens is 2. The van der Waals surface area contributed by atoms with Crippen molar-refractivity contribution < 1.29 is 24.5 Å². The van der Waals surface area contributed by atoms with Gasteiger partial charge in [0.15, 0.2) is 5.75 Å². The van der Waals surface area contributed by atoms with Crippen LogP contribution in [0.25, 0.3) is 22.2 Å². The lowest BCUT2D eigenvalue weighted by molar-refractivity contribution is 0.142. The van der Waals surface area contributed by atoms with Gasteiger partial charge in [0.05, 0.1) is 17.8 Å². The lowest BCUT2D eigenvalue weighted by Crippen LogP contribution is -2.22. The van der Waals surface area contributed by atoms with E-state index in [1.807, 2.05) is 19.2 Å². The molecule has 2 aromatic heterocycles. The molecule has 31 heavy (non-hydrogen) atoms. The van der Waals surface area contributed by atoms with E-state index in [-0.39, 0.29) is 25.4 Å². The number of hydrogen-bond acceptors (Lipinski definition) is 6. The smallest absolute Gasteiger partial charge is 0.504 e. The minimum atomic E-state index is -1.67. The van der Waals surface area contributed by atoms with Crippen molar-refractivity contribution in [2.75, 3.05) is 6.61 Å². The molecular formula is C21H24ClN3O6. The van der Waals surface area contributed by atoms with Gasteiger partial charge in [0.2, 0.25) is 5.75 Å². The van der Waals surface area contributed by atoms with Crippen LogP contribution < -0.4 is 20.3 Å². The Hall–Kier alpha value is -3.17. The van der Waals surface area contributed by atoms with Crippen molar-refractivity contribution in [2.45, 2.75) is 32.9 Å². The Morgan fingerprint density at radius 2 is 2.10 bits per heavy atom. The number of benzene rings is 1. The van der Waals surface area contributed by atoms with Crippen LogP contribution in [0.4, 0.5) is 4.79 Å². The number of carbonyl (C=O) groups is 1. The summed E-state index contributed by atoms with van der Waals surface area (Å²) in [4.78, 5) is 25.9. The molecule has 1 aliphatic rings. The van der Waals surface area contributed by atoms with Gasteiger partial charge in [0.1, 0.15) is 5.75 Å². The Kier molecular flexibility index (Phi) is 6.19. The molecule has 0 spiro atoms. The number of carboxylic acid groups (broad SMARTS) is 1. The third-order valence-electron chi connectivity index (χ3n) is 5.25. The minimum Gasteiger partial charge on any atom is -0.504 e. The maximum absolute atomic E-state index is 12.4. The van der Waals surface area contributed by atoms with Crippen molar-refractivity contribution in [3.05, 3.63) is 39.8 Å². The monoisotopic (exact) mass is 449 g/mol. The van der Waals surface area contributed by atoms with E-state index in [1.165, 1.54) is 0 Å². The number of aromatic hydroxyl groups is 1. The maximum Gasteiger partial charge on any atom is 0.511 e. The molecule has 0 saturated carbocycles. The molecule has 0 amide bonds. The SMILES string of the molecule is CC(C)NCc1cc2cc3c(cc2n1C)OCCc1c-3[nH]c(=O)c(OC(=O)O)c1O.Cl. The largest absolute Gasteiger partial charge is 0.511 e. The van der Waals surface area contributed by atoms with Gasteiger partial charge in [-0.05, 0) is 12.1 Å². The second-order valence-corrected chi connectivity index (χ2v) is 7.59. The van der Waals surface area contributed by atoms with Crippen molar-refractivity contribution in [1.29, 1.82) is 0 Å². The van der Waals surface area contributed by atoms with Gasteiger partial charge >= 0.3 is 6.16 Å². The average Bonchev–Trinajstić information content (AvgIpc) is 2.87. The highest BCUT2D eigenvalue weighted by atomic mass is 35.5. The normalized spacial score (nSPS) is 12.5. The highest BCUT2D eigenvalue weighted by Gasteiger charge is 2.26. The molecule has 9 nitrogen and oxygen atoms in total. The number of ether oxygens (including phenoxy) is 2. The van der Waals surface area contributed by atoms with Gasteiger partial charge in [0, 0.05) is 54.3 Å². The van der Waals surface area contributed by atoms with Crippen LogP contribution in [-0.4, -0.2) is 38.6 Å². The second kappa shape index (κ2) is 8.52. The van der Waals surface area contributed by atoms with E-state index in [9.17, 15) is 14.7 Å². The number of rotatable bonds is 4. The molecule has 10 heteroatoms. The van der Waals surface area contributed by atoms with Crippen molar-refractivity contribution in [3.63, 3.8) is 0 Å². The molecule has 1 aliphatic heterocycles. The summed E-state index contributed by atoms with van der Waals surface area (Å²) in [6.45, 7) is 5.13. The fraction of sp³-hybridized carbons (Fsp3) is 0.333. The van der Waals surface area contributed by atoms with Crippen LogP contribution in [0.2, 0.25) is 0 Å². The molecule has 1 aromatic carbocycles. The number of H-pyrrole nitrogens is 1. The molecule has 166 valence electrons. The number of aromatic amines is 1. The average molecular weight is 450 g/mol. The van der Waals surface area contributed by atoms with Crippen molar-refractivity contribution >= 4 is 29.5 Å². The van der Waals surface area contributed by atoms with Gasteiger partial charge in [-0.2, -0.15) is 0 Å². The quantitative estimate of drug-likeness (QED) is 0.451. The summed E-state index contributed by atoms with van der Waals surface area (Å²) in [5, 5.41) is 23.7. The molecule has 0 fully saturated rings. The molecule has 0 bridgehead atoms. The third-order valence-corrected chi connectivity index (χ3v) is 5.25. The second-order valence-electron chi connectivity index (χ2n) is 7.59. The Morgan fingerprint density at radius 1 is 1.35 bits per heavy atom. The summed E-state index contributed by atoms with van der Waals surface area (Å²) in [5.74, 6) is -0.539. The van der Waals surface area contributed by atoms with E-state index in [0.29, 0.717) is 35.2 Å². The number of hydrogen-bond donors (Lipinski definition) is 4. The predicted octanol–water partition coefficient (Wildman–Crippen LogP) is 3.15. The highest BCUT2D eigenvalue weighted by molar-refractivity contribution is 5.90. The lowest BCUT2D eigenvalue weighted by Gasteiger charge is -2.12. The first-order chi connectivity index (χ1) is 14.3. The molecule has 0 saturated heterocycles. The summed E-state index contributed by atoms with van der Waals surface area (Å²) in [5.41, 5.74) is 2.66. The zero-order valence-electron chi connectivity index (χ0n) is 17.3. The molecule has 3 heterocycles. The number of fused-ring (bicyclic) bond motifs is 4. The highest BCUT2D eigenvalue weighted by Crippen LogP contribution is 2.41. The first-order valence-electron chi connectivity index (χ1n) is 9.64. The third kappa shape index (κ3) is 4.06. The Balaban J connectivity index is 0.00000272. The van der Waals surface area contributed by atoms with Crippen LogP contribution in [0.3, 0.4) is 0 Å². The van der Waals surface area contributed by atoms with Crippen LogP contribution in [0.1, 0.15) is 25.1 Å². The fourth-order valence-electron chi connectivity index (χ4n) is 3.74.